The molecule has 0 radical (unpaired) electrons. The molecule has 1 heterocycles. The number of hydrogen-bond acceptors (Lipinski definition) is 3. The van der Waals surface area contributed by atoms with Crippen molar-refractivity contribution in [2.45, 2.75) is 6.92 Å². The SMILES string of the molecule is Cc1ccc(OCC#CCNC(=O)c2ccc(Cl)cc2Cl)cn1. The van der Waals surface area contributed by atoms with Gasteiger partial charge in [0.25, 0.3) is 5.91 Å². The Morgan fingerprint density at radius 1 is 1.26 bits per heavy atom. The molecule has 0 unspecified atom stereocenters. The highest BCUT2D eigenvalue weighted by Gasteiger charge is 2.09. The van der Waals surface area contributed by atoms with Crippen LogP contribution in [0, 0.1) is 18.8 Å². The average molecular weight is 349 g/mol. The lowest BCUT2D eigenvalue weighted by Gasteiger charge is -2.04. The number of pyridine rings is 1. The van der Waals surface area contributed by atoms with Crippen LogP contribution in [0.3, 0.4) is 0 Å². The number of nitrogens with zero attached hydrogens (tertiary/aromatic N) is 1. The number of halogens is 2. The Balaban J connectivity index is 1.76. The van der Waals surface area contributed by atoms with Crippen LogP contribution in [0.25, 0.3) is 0 Å². The van der Waals surface area contributed by atoms with E-state index >= 15 is 0 Å². The van der Waals surface area contributed by atoms with Crippen LogP contribution < -0.4 is 10.1 Å². The predicted molar refractivity (Wildman–Crippen MR) is 91.0 cm³/mol. The summed E-state index contributed by atoms with van der Waals surface area (Å²) in [5.74, 6) is 5.97. The van der Waals surface area contributed by atoms with Gasteiger partial charge in [-0.3, -0.25) is 9.78 Å². The van der Waals surface area contributed by atoms with Gasteiger partial charge in [-0.2, -0.15) is 0 Å². The van der Waals surface area contributed by atoms with Crippen LogP contribution in [0.5, 0.6) is 5.75 Å². The lowest BCUT2D eigenvalue weighted by Crippen LogP contribution is -2.23. The molecule has 118 valence electrons. The van der Waals surface area contributed by atoms with E-state index in [9.17, 15) is 4.79 Å². The Morgan fingerprint density at radius 3 is 2.78 bits per heavy atom. The second-order valence-corrected chi connectivity index (χ2v) is 5.43. The van der Waals surface area contributed by atoms with E-state index in [0.29, 0.717) is 21.4 Å². The van der Waals surface area contributed by atoms with Gasteiger partial charge in [0.2, 0.25) is 0 Å². The van der Waals surface area contributed by atoms with Crippen molar-refractivity contribution in [2.75, 3.05) is 13.2 Å². The summed E-state index contributed by atoms with van der Waals surface area (Å²) in [6.07, 6.45) is 1.64. The third kappa shape index (κ3) is 5.48. The molecule has 0 atom stereocenters. The van der Waals surface area contributed by atoms with Gasteiger partial charge in [0.05, 0.1) is 23.3 Å². The zero-order valence-electron chi connectivity index (χ0n) is 12.4. The molecule has 1 N–H and O–H groups in total. The summed E-state index contributed by atoms with van der Waals surface area (Å²) in [6.45, 7) is 2.33. The van der Waals surface area contributed by atoms with Gasteiger partial charge in [0.15, 0.2) is 0 Å². The van der Waals surface area contributed by atoms with E-state index in [1.807, 2.05) is 19.1 Å². The Kier molecular flexibility index (Phi) is 6.28. The molecular formula is C17H14Cl2N2O2. The molecule has 2 aromatic rings. The van der Waals surface area contributed by atoms with E-state index in [-0.39, 0.29) is 19.1 Å². The van der Waals surface area contributed by atoms with Crippen LogP contribution in [0.1, 0.15) is 16.1 Å². The minimum atomic E-state index is -0.301. The smallest absolute Gasteiger partial charge is 0.253 e. The van der Waals surface area contributed by atoms with Gasteiger partial charge in [-0.25, -0.2) is 0 Å². The zero-order valence-corrected chi connectivity index (χ0v) is 13.9. The minimum absolute atomic E-state index is 0.202. The number of hydrogen-bond donors (Lipinski definition) is 1. The Bertz CT molecular complexity index is 749. The maximum absolute atomic E-state index is 11.9. The van der Waals surface area contributed by atoms with Gasteiger partial charge in [-0.15, -0.1) is 0 Å². The largest absolute Gasteiger partial charge is 0.479 e. The molecule has 0 fully saturated rings. The number of aromatic nitrogens is 1. The summed E-state index contributed by atoms with van der Waals surface area (Å²) in [5, 5.41) is 3.44. The van der Waals surface area contributed by atoms with Gasteiger partial charge in [0.1, 0.15) is 12.4 Å². The van der Waals surface area contributed by atoms with Crippen molar-refractivity contribution in [1.82, 2.24) is 10.3 Å². The van der Waals surface area contributed by atoms with E-state index in [1.165, 1.54) is 6.07 Å². The summed E-state index contributed by atoms with van der Waals surface area (Å²) in [5.41, 5.74) is 1.28. The summed E-state index contributed by atoms with van der Waals surface area (Å²) >= 11 is 11.7. The molecule has 0 saturated heterocycles. The van der Waals surface area contributed by atoms with Crippen LogP contribution in [-0.2, 0) is 0 Å². The molecule has 1 amide bonds. The monoisotopic (exact) mass is 348 g/mol. The quantitative estimate of drug-likeness (QED) is 0.860. The van der Waals surface area contributed by atoms with Crippen molar-refractivity contribution in [3.05, 3.63) is 57.8 Å². The second kappa shape index (κ2) is 8.42. The number of ether oxygens (including phenoxy) is 1. The number of amides is 1. The van der Waals surface area contributed by atoms with Gasteiger partial charge in [-0.05, 0) is 37.3 Å². The van der Waals surface area contributed by atoms with E-state index < -0.39 is 0 Å². The molecule has 1 aromatic heterocycles. The van der Waals surface area contributed by atoms with Crippen LogP contribution in [0.15, 0.2) is 36.5 Å². The molecule has 0 aliphatic rings. The lowest BCUT2D eigenvalue weighted by molar-refractivity contribution is 0.0959. The predicted octanol–water partition coefficient (Wildman–Crippen LogP) is 3.51. The van der Waals surface area contributed by atoms with E-state index in [0.717, 1.165) is 5.69 Å². The number of rotatable bonds is 4. The molecule has 0 spiro atoms. The van der Waals surface area contributed by atoms with Crippen molar-refractivity contribution in [1.29, 1.82) is 0 Å². The lowest BCUT2D eigenvalue weighted by atomic mass is 10.2. The Labute approximate surface area is 144 Å². The molecule has 0 bridgehead atoms. The third-order valence-electron chi connectivity index (χ3n) is 2.83. The van der Waals surface area contributed by atoms with Gasteiger partial charge in [-0.1, -0.05) is 35.0 Å². The van der Waals surface area contributed by atoms with Crippen molar-refractivity contribution < 1.29 is 9.53 Å². The van der Waals surface area contributed by atoms with Gasteiger partial charge >= 0.3 is 0 Å². The first kappa shape index (κ1) is 17.1. The van der Waals surface area contributed by atoms with Gasteiger partial charge in [0, 0.05) is 10.7 Å². The summed E-state index contributed by atoms with van der Waals surface area (Å²) < 4.78 is 5.40. The minimum Gasteiger partial charge on any atom is -0.479 e. The molecule has 0 aliphatic heterocycles. The molecule has 0 aliphatic carbocycles. The molecule has 23 heavy (non-hydrogen) atoms. The summed E-state index contributed by atoms with van der Waals surface area (Å²) in [6, 6.07) is 8.39. The topological polar surface area (TPSA) is 51.2 Å². The van der Waals surface area contributed by atoms with Crippen LogP contribution in [0.2, 0.25) is 10.0 Å². The number of carbonyl (C=O) groups excluding carboxylic acids is 1. The fourth-order valence-electron chi connectivity index (χ4n) is 1.67. The van der Waals surface area contributed by atoms with Crippen molar-refractivity contribution >= 4 is 29.1 Å². The van der Waals surface area contributed by atoms with Gasteiger partial charge < -0.3 is 10.1 Å². The number of benzene rings is 1. The van der Waals surface area contributed by atoms with E-state index in [1.54, 1.807) is 18.3 Å². The number of aryl methyl sites for hydroxylation is 1. The molecule has 1 aromatic carbocycles. The highest BCUT2D eigenvalue weighted by molar-refractivity contribution is 6.36. The van der Waals surface area contributed by atoms with E-state index in [2.05, 4.69) is 22.1 Å². The standard InChI is InChI=1S/C17H14Cl2N2O2/c1-12-4-6-14(11-21-12)23-9-3-2-8-20-17(22)15-7-5-13(18)10-16(15)19/h4-7,10-11H,8-9H2,1H3,(H,20,22). The first-order valence-corrected chi connectivity index (χ1v) is 7.56. The highest BCUT2D eigenvalue weighted by Crippen LogP contribution is 2.20. The zero-order chi connectivity index (χ0) is 16.7. The highest BCUT2D eigenvalue weighted by atomic mass is 35.5. The van der Waals surface area contributed by atoms with Crippen LogP contribution in [-0.4, -0.2) is 24.0 Å². The Hall–Kier alpha value is -2.22. The third-order valence-corrected chi connectivity index (χ3v) is 3.38. The van der Waals surface area contributed by atoms with Crippen molar-refractivity contribution in [3.8, 4) is 17.6 Å². The fourth-order valence-corrected chi connectivity index (χ4v) is 2.16. The average Bonchev–Trinajstić information content (AvgIpc) is 2.52. The maximum atomic E-state index is 11.9. The molecule has 2 rings (SSSR count). The molecular weight excluding hydrogens is 335 g/mol. The van der Waals surface area contributed by atoms with E-state index in [4.69, 9.17) is 27.9 Å². The summed E-state index contributed by atoms with van der Waals surface area (Å²) in [4.78, 5) is 16.0. The van der Waals surface area contributed by atoms with Crippen molar-refractivity contribution in [2.24, 2.45) is 0 Å². The van der Waals surface area contributed by atoms with Crippen LogP contribution in [0.4, 0.5) is 0 Å². The van der Waals surface area contributed by atoms with Crippen molar-refractivity contribution in [3.63, 3.8) is 0 Å². The molecule has 6 heteroatoms. The fraction of sp³-hybridized carbons (Fsp3) is 0.176. The van der Waals surface area contributed by atoms with Crippen LogP contribution >= 0.6 is 23.2 Å². The molecule has 4 nitrogen and oxygen atoms in total. The molecule has 0 saturated carbocycles. The normalized spacial score (nSPS) is 9.70. The Morgan fingerprint density at radius 2 is 2.09 bits per heavy atom. The number of carbonyl (C=O) groups is 1. The number of nitrogens with one attached hydrogen (secondary N) is 1. The second-order valence-electron chi connectivity index (χ2n) is 4.58. The summed E-state index contributed by atoms with van der Waals surface area (Å²) in [7, 11) is 0. The maximum Gasteiger partial charge on any atom is 0.253 e. The first-order chi connectivity index (χ1) is 11.1. The first-order valence-electron chi connectivity index (χ1n) is 6.80.